The molecule has 0 aromatic rings. The van der Waals surface area contributed by atoms with Gasteiger partial charge >= 0.3 is 0 Å². The summed E-state index contributed by atoms with van der Waals surface area (Å²) < 4.78 is 0. The van der Waals surface area contributed by atoms with Gasteiger partial charge in [-0.05, 0) is 50.4 Å². The Hall–Kier alpha value is -0.570. The average molecular weight is 312 g/mol. The van der Waals surface area contributed by atoms with E-state index in [2.05, 4.69) is 27.7 Å². The fourth-order valence-electron chi connectivity index (χ4n) is 3.43. The third-order valence-electron chi connectivity index (χ3n) is 5.01. The zero-order valence-electron chi connectivity index (χ0n) is 15.2. The first-order valence-electron chi connectivity index (χ1n) is 9.40. The molecule has 3 heteroatoms. The molecule has 1 aliphatic heterocycles. The Kier molecular flexibility index (Phi) is 9.08. The van der Waals surface area contributed by atoms with Crippen molar-refractivity contribution in [1.29, 1.82) is 0 Å². The molecular weight excluding hydrogens is 274 g/mol. The molecule has 22 heavy (non-hydrogen) atoms. The largest absolute Gasteiger partial charge is 0.393 e. The van der Waals surface area contributed by atoms with Gasteiger partial charge in [0.05, 0.1) is 6.10 Å². The second-order valence-corrected chi connectivity index (χ2v) is 7.70. The van der Waals surface area contributed by atoms with E-state index in [9.17, 15) is 9.90 Å². The summed E-state index contributed by atoms with van der Waals surface area (Å²) in [6.45, 7) is 10.5. The molecule has 0 unspecified atom stereocenters. The molecule has 1 heterocycles. The van der Waals surface area contributed by atoms with Crippen molar-refractivity contribution in [3.8, 4) is 0 Å². The number of hydrogen-bond donors (Lipinski definition) is 1. The van der Waals surface area contributed by atoms with E-state index in [1.54, 1.807) is 0 Å². The van der Waals surface area contributed by atoms with Gasteiger partial charge in [-0.1, -0.05) is 40.5 Å². The van der Waals surface area contributed by atoms with E-state index >= 15 is 0 Å². The van der Waals surface area contributed by atoms with E-state index in [4.69, 9.17) is 0 Å². The number of aliphatic hydroxyl groups excluding tert-OH is 1. The van der Waals surface area contributed by atoms with Gasteiger partial charge in [0, 0.05) is 19.0 Å². The maximum atomic E-state index is 12.2. The molecule has 0 spiro atoms. The van der Waals surface area contributed by atoms with Gasteiger partial charge in [0.15, 0.2) is 0 Å². The predicted molar refractivity (Wildman–Crippen MR) is 92.7 cm³/mol. The number of piperidine rings is 1. The van der Waals surface area contributed by atoms with Crippen LogP contribution in [0, 0.1) is 17.8 Å². The van der Waals surface area contributed by atoms with Gasteiger partial charge in [0.2, 0.25) is 5.91 Å². The van der Waals surface area contributed by atoms with E-state index in [-0.39, 0.29) is 12.0 Å². The number of aliphatic hydroxyl groups is 1. The molecule has 2 aliphatic rings. The van der Waals surface area contributed by atoms with Crippen LogP contribution in [0.3, 0.4) is 0 Å². The first-order valence-corrected chi connectivity index (χ1v) is 9.40. The average Bonchev–Trinajstić information content (AvgIpc) is 2.48. The predicted octanol–water partition coefficient (Wildman–Crippen LogP) is 4.24. The van der Waals surface area contributed by atoms with Crippen molar-refractivity contribution in [2.24, 2.45) is 17.8 Å². The fourth-order valence-corrected chi connectivity index (χ4v) is 3.43. The molecule has 1 saturated heterocycles. The molecule has 0 aromatic carbocycles. The van der Waals surface area contributed by atoms with Gasteiger partial charge in [-0.25, -0.2) is 0 Å². The maximum Gasteiger partial charge on any atom is 0.225 e. The number of carbonyl (C=O) groups excluding carboxylic acids is 1. The Labute approximate surface area is 137 Å². The minimum Gasteiger partial charge on any atom is -0.393 e. The van der Waals surface area contributed by atoms with Crippen LogP contribution in [-0.4, -0.2) is 35.1 Å². The Balaban J connectivity index is 0.000000346. The van der Waals surface area contributed by atoms with Crippen molar-refractivity contribution in [3.63, 3.8) is 0 Å². The number of nitrogens with zero attached hydrogens (tertiary/aromatic N) is 1. The molecule has 3 nitrogen and oxygen atoms in total. The van der Waals surface area contributed by atoms with Crippen LogP contribution >= 0.6 is 0 Å². The van der Waals surface area contributed by atoms with Crippen LogP contribution in [0.4, 0.5) is 0 Å². The van der Waals surface area contributed by atoms with Gasteiger partial charge in [0.1, 0.15) is 0 Å². The summed E-state index contributed by atoms with van der Waals surface area (Å²) in [5.74, 6) is 2.31. The lowest BCUT2D eigenvalue weighted by atomic mass is 9.82. The summed E-state index contributed by atoms with van der Waals surface area (Å²) in [5.41, 5.74) is 0. The topological polar surface area (TPSA) is 40.5 Å². The highest BCUT2D eigenvalue weighted by atomic mass is 16.3. The van der Waals surface area contributed by atoms with Crippen LogP contribution in [0.5, 0.6) is 0 Å². The van der Waals surface area contributed by atoms with E-state index in [1.165, 1.54) is 25.7 Å². The lowest BCUT2D eigenvalue weighted by molar-refractivity contribution is -0.138. The summed E-state index contributed by atoms with van der Waals surface area (Å²) >= 11 is 0. The summed E-state index contributed by atoms with van der Waals surface area (Å²) in [7, 11) is 0. The van der Waals surface area contributed by atoms with E-state index in [0.717, 1.165) is 50.6 Å². The monoisotopic (exact) mass is 311 g/mol. The first kappa shape index (κ1) is 19.5. The van der Waals surface area contributed by atoms with E-state index in [1.807, 2.05) is 4.90 Å². The molecule has 1 amide bonds. The molecule has 130 valence electrons. The second kappa shape index (κ2) is 10.3. The minimum absolute atomic E-state index is 0.185. The second-order valence-electron chi connectivity index (χ2n) is 7.70. The minimum atomic E-state index is -0.185. The van der Waals surface area contributed by atoms with E-state index < -0.39 is 0 Å². The Morgan fingerprint density at radius 2 is 1.64 bits per heavy atom. The van der Waals surface area contributed by atoms with Gasteiger partial charge < -0.3 is 10.0 Å². The van der Waals surface area contributed by atoms with Crippen molar-refractivity contribution >= 4 is 5.91 Å². The van der Waals surface area contributed by atoms with Crippen LogP contribution in [0.25, 0.3) is 0 Å². The molecule has 2 fully saturated rings. The molecule has 0 aromatic heterocycles. The molecule has 0 atom stereocenters. The fraction of sp³-hybridized carbons (Fsp3) is 0.947. The summed E-state index contributed by atoms with van der Waals surface area (Å²) in [6, 6.07) is 0. The standard InChI is InChI=1S/C13H23NO2.C6H14/c1-10-2-4-11(5-3-10)13(16)14-8-6-12(15)7-9-14;1-4-5-6(2)3/h10-12,15H,2-9H2,1H3;6H,4-5H2,1-3H3. The van der Waals surface area contributed by atoms with Crippen LogP contribution in [0.1, 0.15) is 79.1 Å². The van der Waals surface area contributed by atoms with Gasteiger partial charge in [-0.2, -0.15) is 0 Å². The zero-order valence-corrected chi connectivity index (χ0v) is 15.2. The molecule has 1 N–H and O–H groups in total. The van der Waals surface area contributed by atoms with Crippen molar-refractivity contribution in [2.45, 2.75) is 85.2 Å². The van der Waals surface area contributed by atoms with Gasteiger partial charge in [-0.15, -0.1) is 0 Å². The molecule has 0 radical (unpaired) electrons. The van der Waals surface area contributed by atoms with Gasteiger partial charge in [-0.3, -0.25) is 4.79 Å². The number of hydrogen-bond acceptors (Lipinski definition) is 2. The van der Waals surface area contributed by atoms with Crippen molar-refractivity contribution in [2.75, 3.05) is 13.1 Å². The van der Waals surface area contributed by atoms with Crippen molar-refractivity contribution < 1.29 is 9.90 Å². The molecule has 1 saturated carbocycles. The quantitative estimate of drug-likeness (QED) is 0.847. The van der Waals surface area contributed by atoms with Crippen molar-refractivity contribution in [1.82, 2.24) is 4.90 Å². The third-order valence-corrected chi connectivity index (χ3v) is 5.01. The van der Waals surface area contributed by atoms with E-state index in [0.29, 0.717) is 5.91 Å². The zero-order chi connectivity index (χ0) is 16.5. The number of likely N-dealkylation sites (tertiary alicyclic amines) is 1. The normalized spacial score (nSPS) is 26.5. The third kappa shape index (κ3) is 7.13. The van der Waals surface area contributed by atoms with Crippen LogP contribution in [0.15, 0.2) is 0 Å². The van der Waals surface area contributed by atoms with Crippen molar-refractivity contribution in [3.05, 3.63) is 0 Å². The van der Waals surface area contributed by atoms with Gasteiger partial charge in [0.25, 0.3) is 0 Å². The van der Waals surface area contributed by atoms with Crippen LogP contribution in [0.2, 0.25) is 0 Å². The lowest BCUT2D eigenvalue weighted by Gasteiger charge is -2.34. The summed E-state index contributed by atoms with van der Waals surface area (Å²) in [4.78, 5) is 14.2. The molecular formula is C19H37NO2. The Morgan fingerprint density at radius 1 is 1.09 bits per heavy atom. The molecule has 2 rings (SSSR count). The smallest absolute Gasteiger partial charge is 0.225 e. The Bertz CT molecular complexity index is 277. The number of amides is 1. The SMILES string of the molecule is CC1CCC(C(=O)N2CCC(O)CC2)CC1.CCCC(C)C. The number of carbonyl (C=O) groups is 1. The van der Waals surface area contributed by atoms with Crippen LogP contribution in [-0.2, 0) is 4.79 Å². The highest BCUT2D eigenvalue weighted by Gasteiger charge is 2.29. The summed E-state index contributed by atoms with van der Waals surface area (Å²) in [6.07, 6.45) is 8.58. The first-order chi connectivity index (χ1) is 10.4. The molecule has 1 aliphatic carbocycles. The maximum absolute atomic E-state index is 12.2. The highest BCUT2D eigenvalue weighted by molar-refractivity contribution is 5.79. The molecule has 0 bridgehead atoms. The van der Waals surface area contributed by atoms with Crippen LogP contribution < -0.4 is 0 Å². The highest BCUT2D eigenvalue weighted by Crippen LogP contribution is 2.30. The summed E-state index contributed by atoms with van der Waals surface area (Å²) in [5, 5.41) is 9.42. The lowest BCUT2D eigenvalue weighted by Crippen LogP contribution is -2.43. The Morgan fingerprint density at radius 3 is 2.05 bits per heavy atom. The number of rotatable bonds is 3.